The van der Waals surface area contributed by atoms with Crippen molar-refractivity contribution in [3.63, 3.8) is 0 Å². The van der Waals surface area contributed by atoms with Crippen LogP contribution in [-0.4, -0.2) is 26.9 Å². The van der Waals surface area contributed by atoms with Gasteiger partial charge in [0.1, 0.15) is 22.8 Å². The Kier molecular flexibility index (Phi) is 4.66. The number of aryl methyl sites for hydroxylation is 1. The molecule has 0 saturated carbocycles. The van der Waals surface area contributed by atoms with E-state index in [1.54, 1.807) is 18.3 Å². The maximum Gasteiger partial charge on any atom is 0.274 e. The van der Waals surface area contributed by atoms with Crippen molar-refractivity contribution in [3.05, 3.63) is 53.2 Å². The molecule has 0 atom stereocenters. The summed E-state index contributed by atoms with van der Waals surface area (Å²) in [6.45, 7) is 4.42. The minimum absolute atomic E-state index is 0.279. The zero-order valence-corrected chi connectivity index (χ0v) is 14.2. The van der Waals surface area contributed by atoms with Gasteiger partial charge >= 0.3 is 0 Å². The van der Waals surface area contributed by atoms with Gasteiger partial charge in [0.05, 0.1) is 17.3 Å². The third kappa shape index (κ3) is 3.33. The molecule has 0 saturated heterocycles. The quantitative estimate of drug-likeness (QED) is 0.768. The second-order valence-corrected chi connectivity index (χ2v) is 5.59. The van der Waals surface area contributed by atoms with Crippen molar-refractivity contribution in [3.8, 4) is 5.75 Å². The topological polar surface area (TPSA) is 68.5 Å². The monoisotopic (exact) mass is 344 g/mol. The Hall–Kier alpha value is -2.60. The number of anilines is 1. The van der Waals surface area contributed by atoms with Crippen molar-refractivity contribution in [2.45, 2.75) is 20.3 Å². The van der Waals surface area contributed by atoms with Crippen LogP contribution in [0.25, 0.3) is 5.65 Å². The zero-order valence-electron chi connectivity index (χ0n) is 13.4. The van der Waals surface area contributed by atoms with E-state index in [1.165, 1.54) is 6.20 Å². The lowest BCUT2D eigenvalue weighted by Gasteiger charge is -2.12. The first-order chi connectivity index (χ1) is 11.6. The molecule has 1 amide bonds. The fourth-order valence-electron chi connectivity index (χ4n) is 2.30. The van der Waals surface area contributed by atoms with Gasteiger partial charge in [-0.05, 0) is 25.5 Å². The third-order valence-electron chi connectivity index (χ3n) is 3.47. The van der Waals surface area contributed by atoms with Crippen LogP contribution in [0, 0.1) is 0 Å². The zero-order chi connectivity index (χ0) is 17.1. The van der Waals surface area contributed by atoms with Crippen LogP contribution in [0.3, 0.4) is 0 Å². The lowest BCUT2D eigenvalue weighted by molar-refractivity contribution is 0.102. The van der Waals surface area contributed by atoms with Crippen molar-refractivity contribution in [1.82, 2.24) is 14.4 Å². The number of rotatable bonds is 5. The van der Waals surface area contributed by atoms with Crippen LogP contribution in [0.15, 0.2) is 36.8 Å². The molecular formula is C17H17ClN4O2. The number of ether oxygens (including phenoxy) is 1. The van der Waals surface area contributed by atoms with Crippen molar-refractivity contribution < 1.29 is 9.53 Å². The van der Waals surface area contributed by atoms with Gasteiger partial charge < -0.3 is 14.5 Å². The minimum atomic E-state index is -0.331. The summed E-state index contributed by atoms with van der Waals surface area (Å²) in [4.78, 5) is 20.9. The summed E-state index contributed by atoms with van der Waals surface area (Å²) < 4.78 is 7.50. The molecule has 1 N–H and O–H groups in total. The van der Waals surface area contributed by atoms with Crippen molar-refractivity contribution >= 4 is 28.8 Å². The molecule has 3 aromatic heterocycles. The Morgan fingerprint density at radius 1 is 1.33 bits per heavy atom. The molecule has 124 valence electrons. The molecule has 7 heteroatoms. The number of hydrogen-bond acceptors (Lipinski definition) is 4. The lowest BCUT2D eigenvalue weighted by atomic mass is 10.3. The van der Waals surface area contributed by atoms with Gasteiger partial charge in [0.2, 0.25) is 0 Å². The summed E-state index contributed by atoms with van der Waals surface area (Å²) in [5.41, 5.74) is 2.59. The maximum atomic E-state index is 12.4. The fourth-order valence-corrected chi connectivity index (χ4v) is 2.42. The number of pyridine rings is 2. The largest absolute Gasteiger partial charge is 0.491 e. The average molecular weight is 345 g/mol. The molecule has 3 aromatic rings. The Morgan fingerprint density at radius 2 is 2.17 bits per heavy atom. The molecule has 0 aliphatic rings. The molecule has 24 heavy (non-hydrogen) atoms. The highest BCUT2D eigenvalue weighted by atomic mass is 35.5. The van der Waals surface area contributed by atoms with Gasteiger partial charge in [-0.25, -0.2) is 9.97 Å². The van der Waals surface area contributed by atoms with Crippen LogP contribution in [-0.2, 0) is 6.42 Å². The van der Waals surface area contributed by atoms with Crippen molar-refractivity contribution in [2.75, 3.05) is 11.9 Å². The molecule has 3 heterocycles. The number of carbonyl (C=O) groups excluding carboxylic acids is 1. The highest BCUT2D eigenvalue weighted by Crippen LogP contribution is 2.27. The summed E-state index contributed by atoms with van der Waals surface area (Å²) in [5, 5.41) is 3.31. The predicted molar refractivity (Wildman–Crippen MR) is 92.9 cm³/mol. The van der Waals surface area contributed by atoms with E-state index in [0.29, 0.717) is 23.1 Å². The average Bonchev–Trinajstić information content (AvgIpc) is 2.98. The minimum Gasteiger partial charge on any atom is -0.491 e. The number of carbonyl (C=O) groups is 1. The van der Waals surface area contributed by atoms with Crippen LogP contribution in [0.1, 0.15) is 30.0 Å². The molecule has 3 rings (SSSR count). The van der Waals surface area contributed by atoms with E-state index in [-0.39, 0.29) is 11.6 Å². The number of nitrogens with one attached hydrogen (secondary N) is 1. The first-order valence-electron chi connectivity index (χ1n) is 7.68. The molecule has 0 radical (unpaired) electrons. The fraction of sp³-hybridized carbons (Fsp3) is 0.235. The van der Waals surface area contributed by atoms with Gasteiger partial charge in [-0.15, -0.1) is 0 Å². The number of amides is 1. The van der Waals surface area contributed by atoms with E-state index in [4.69, 9.17) is 16.3 Å². The second-order valence-electron chi connectivity index (χ2n) is 5.15. The third-order valence-corrected chi connectivity index (χ3v) is 3.70. The molecule has 6 nitrogen and oxygen atoms in total. The molecule has 0 unspecified atom stereocenters. The SMILES string of the molecule is CCOc1cc2nc(CC)cn2cc1NC(=O)c1ccc(Cl)cn1. The first kappa shape index (κ1) is 16.3. The summed E-state index contributed by atoms with van der Waals surface area (Å²) in [7, 11) is 0. The first-order valence-corrected chi connectivity index (χ1v) is 8.05. The van der Waals surface area contributed by atoms with Gasteiger partial charge in [-0.2, -0.15) is 0 Å². The van der Waals surface area contributed by atoms with Gasteiger partial charge in [-0.3, -0.25) is 4.79 Å². The molecule has 0 aromatic carbocycles. The molecule has 0 aliphatic heterocycles. The van der Waals surface area contributed by atoms with Gasteiger partial charge in [0, 0.05) is 24.7 Å². The summed E-state index contributed by atoms with van der Waals surface area (Å²) in [6, 6.07) is 5.01. The molecule has 0 bridgehead atoms. The van der Waals surface area contributed by atoms with Crippen LogP contribution in [0.5, 0.6) is 5.75 Å². The van der Waals surface area contributed by atoms with Gasteiger partial charge in [0.15, 0.2) is 0 Å². The van der Waals surface area contributed by atoms with E-state index >= 15 is 0 Å². The molecular weight excluding hydrogens is 328 g/mol. The number of halogens is 1. The lowest BCUT2D eigenvalue weighted by Crippen LogP contribution is -2.15. The predicted octanol–water partition coefficient (Wildman–Crippen LogP) is 3.60. The van der Waals surface area contributed by atoms with Gasteiger partial charge in [0.25, 0.3) is 5.91 Å². The van der Waals surface area contributed by atoms with Crippen molar-refractivity contribution in [2.24, 2.45) is 0 Å². The molecule has 0 aliphatic carbocycles. The highest BCUT2D eigenvalue weighted by molar-refractivity contribution is 6.30. The van der Waals surface area contributed by atoms with E-state index in [1.807, 2.05) is 30.5 Å². The summed E-state index contributed by atoms with van der Waals surface area (Å²) in [6.07, 6.45) is 6.00. The Morgan fingerprint density at radius 3 is 2.83 bits per heavy atom. The van der Waals surface area contributed by atoms with Crippen LogP contribution < -0.4 is 10.1 Å². The normalized spacial score (nSPS) is 10.8. The van der Waals surface area contributed by atoms with E-state index < -0.39 is 0 Å². The van der Waals surface area contributed by atoms with Crippen LogP contribution in [0.4, 0.5) is 5.69 Å². The molecule has 0 fully saturated rings. The van der Waals surface area contributed by atoms with E-state index in [9.17, 15) is 4.79 Å². The smallest absolute Gasteiger partial charge is 0.274 e. The van der Waals surface area contributed by atoms with E-state index in [0.717, 1.165) is 17.8 Å². The van der Waals surface area contributed by atoms with Crippen molar-refractivity contribution in [1.29, 1.82) is 0 Å². The number of fused-ring (bicyclic) bond motifs is 1. The number of nitrogens with zero attached hydrogens (tertiary/aromatic N) is 3. The highest BCUT2D eigenvalue weighted by Gasteiger charge is 2.14. The number of imidazole rings is 1. The summed E-state index contributed by atoms with van der Waals surface area (Å²) >= 11 is 5.80. The van der Waals surface area contributed by atoms with E-state index in [2.05, 4.69) is 15.3 Å². The van der Waals surface area contributed by atoms with Gasteiger partial charge in [-0.1, -0.05) is 18.5 Å². The molecule has 0 spiro atoms. The standard InChI is InChI=1S/C17H17ClN4O2/c1-3-12-9-22-10-14(15(24-4-2)7-16(22)20-12)21-17(23)13-6-5-11(18)8-19-13/h5-10H,3-4H2,1-2H3,(H,21,23). The Bertz CT molecular complexity index is 874. The Balaban J connectivity index is 1.95. The summed E-state index contributed by atoms with van der Waals surface area (Å²) in [5.74, 6) is 0.239. The Labute approximate surface area is 144 Å². The van der Waals surface area contributed by atoms with Crippen LogP contribution in [0.2, 0.25) is 5.02 Å². The van der Waals surface area contributed by atoms with Crippen LogP contribution >= 0.6 is 11.6 Å². The second kappa shape index (κ2) is 6.88. The maximum absolute atomic E-state index is 12.4. The number of aromatic nitrogens is 3. The number of hydrogen-bond donors (Lipinski definition) is 1.